The van der Waals surface area contributed by atoms with E-state index >= 15 is 0 Å². The molecule has 0 saturated heterocycles. The second-order valence-corrected chi connectivity index (χ2v) is 8.13. The number of rotatable bonds is 5. The summed E-state index contributed by atoms with van der Waals surface area (Å²) in [5, 5.41) is 3.38. The highest BCUT2D eigenvalue weighted by Gasteiger charge is 2.19. The zero-order valence-electron chi connectivity index (χ0n) is 17.3. The van der Waals surface area contributed by atoms with E-state index in [1.54, 1.807) is 16.7 Å². The lowest BCUT2D eigenvalue weighted by atomic mass is 10.2. The van der Waals surface area contributed by atoms with Gasteiger partial charge >= 0.3 is 5.97 Å². The van der Waals surface area contributed by atoms with Crippen molar-refractivity contribution in [3.63, 3.8) is 0 Å². The molecule has 158 valence electrons. The minimum absolute atomic E-state index is 0.136. The van der Waals surface area contributed by atoms with Crippen LogP contribution in [0, 0.1) is 13.8 Å². The molecule has 9 heteroatoms. The van der Waals surface area contributed by atoms with Gasteiger partial charge in [0.05, 0.1) is 15.6 Å². The molecule has 8 nitrogen and oxygen atoms in total. The molecule has 3 heterocycles. The number of pyridine rings is 2. The minimum atomic E-state index is -0.857. The second-order valence-electron chi connectivity index (χ2n) is 7.10. The zero-order chi connectivity index (χ0) is 22.1. The first-order valence-corrected chi connectivity index (χ1v) is 10.5. The number of benzene rings is 1. The highest BCUT2D eigenvalue weighted by atomic mass is 32.1. The number of hydrogen-bond acceptors (Lipinski definition) is 7. The third kappa shape index (κ3) is 4.17. The summed E-state index contributed by atoms with van der Waals surface area (Å²) in [7, 11) is 0. The number of anilines is 1. The maximum absolute atomic E-state index is 12.7. The number of hydrogen-bond donors (Lipinski definition) is 1. The quantitative estimate of drug-likeness (QED) is 0.481. The fraction of sp³-hybridized carbons (Fsp3) is 0.227. The highest BCUT2D eigenvalue weighted by Crippen LogP contribution is 2.26. The molecule has 1 N–H and O–H groups in total. The lowest BCUT2D eigenvalue weighted by molar-refractivity contribution is -0.119. The van der Waals surface area contributed by atoms with E-state index in [0.29, 0.717) is 22.7 Å². The number of carbonyl (C=O) groups excluding carboxylic acids is 2. The standard InChI is InChI=1S/C22H20N4O4S/c1-4-26-10-15(19(28)14-7-6-13(3)23-20(14)26)21(29)30-11-18(27)25-22-24-16-8-5-12(2)9-17(16)31-22/h5-10H,4,11H2,1-3H3,(H,24,25,27). The number of nitrogens with one attached hydrogen (secondary N) is 1. The Balaban J connectivity index is 1.49. The van der Waals surface area contributed by atoms with Crippen molar-refractivity contribution >= 4 is 49.6 Å². The zero-order valence-corrected chi connectivity index (χ0v) is 18.1. The third-order valence-corrected chi connectivity index (χ3v) is 5.68. The molecular formula is C22H20N4O4S. The first-order chi connectivity index (χ1) is 14.9. The van der Waals surface area contributed by atoms with E-state index in [9.17, 15) is 14.4 Å². The van der Waals surface area contributed by atoms with E-state index in [2.05, 4.69) is 15.3 Å². The molecular weight excluding hydrogens is 416 g/mol. The second kappa shape index (κ2) is 8.27. The molecule has 0 aliphatic heterocycles. The molecule has 4 aromatic rings. The Morgan fingerprint density at radius 3 is 2.74 bits per heavy atom. The number of ether oxygens (including phenoxy) is 1. The average molecular weight is 436 g/mol. The van der Waals surface area contributed by atoms with Gasteiger partial charge in [-0.25, -0.2) is 14.8 Å². The van der Waals surface area contributed by atoms with Gasteiger partial charge < -0.3 is 9.30 Å². The maximum Gasteiger partial charge on any atom is 0.344 e. The molecule has 0 radical (unpaired) electrons. The number of aryl methyl sites for hydroxylation is 3. The Kier molecular flexibility index (Phi) is 5.51. The average Bonchev–Trinajstić information content (AvgIpc) is 3.13. The van der Waals surface area contributed by atoms with Crippen LogP contribution in [0.3, 0.4) is 0 Å². The maximum atomic E-state index is 12.7. The highest BCUT2D eigenvalue weighted by molar-refractivity contribution is 7.22. The van der Waals surface area contributed by atoms with Crippen molar-refractivity contribution in [2.24, 2.45) is 0 Å². The number of thiazole rings is 1. The molecule has 0 aliphatic carbocycles. The van der Waals surface area contributed by atoms with Crippen molar-refractivity contribution < 1.29 is 14.3 Å². The molecule has 0 atom stereocenters. The number of nitrogens with zero attached hydrogens (tertiary/aromatic N) is 3. The van der Waals surface area contributed by atoms with Gasteiger partial charge in [0.1, 0.15) is 11.2 Å². The predicted octanol–water partition coefficient (Wildman–Crippen LogP) is 3.44. The largest absolute Gasteiger partial charge is 0.452 e. The van der Waals surface area contributed by atoms with E-state index < -0.39 is 23.9 Å². The molecule has 0 saturated carbocycles. The summed E-state index contributed by atoms with van der Waals surface area (Å²) < 4.78 is 7.76. The van der Waals surface area contributed by atoms with E-state index in [4.69, 9.17) is 4.74 Å². The summed E-state index contributed by atoms with van der Waals surface area (Å²) in [6, 6.07) is 9.17. The lowest BCUT2D eigenvalue weighted by Crippen LogP contribution is -2.25. The van der Waals surface area contributed by atoms with Gasteiger partial charge in [0.25, 0.3) is 5.91 Å². The van der Waals surface area contributed by atoms with Gasteiger partial charge in [-0.1, -0.05) is 17.4 Å². The Morgan fingerprint density at radius 1 is 1.16 bits per heavy atom. The first-order valence-electron chi connectivity index (χ1n) is 9.70. The van der Waals surface area contributed by atoms with Crippen LogP contribution in [0.1, 0.15) is 28.5 Å². The van der Waals surface area contributed by atoms with Crippen LogP contribution in [-0.4, -0.2) is 33.0 Å². The van der Waals surface area contributed by atoms with Crippen molar-refractivity contribution in [2.45, 2.75) is 27.3 Å². The molecule has 1 aromatic carbocycles. The van der Waals surface area contributed by atoms with Crippen LogP contribution in [0.4, 0.5) is 5.13 Å². The van der Waals surface area contributed by atoms with E-state index in [1.165, 1.54) is 17.5 Å². The van der Waals surface area contributed by atoms with Gasteiger partial charge in [-0.05, 0) is 50.6 Å². The summed E-state index contributed by atoms with van der Waals surface area (Å²) in [5.74, 6) is -1.39. The van der Waals surface area contributed by atoms with Gasteiger partial charge in [0.15, 0.2) is 11.7 Å². The number of carbonyl (C=O) groups is 2. The Labute approximate surface area is 181 Å². The van der Waals surface area contributed by atoms with Crippen LogP contribution < -0.4 is 10.7 Å². The summed E-state index contributed by atoms with van der Waals surface area (Å²) in [5.41, 5.74) is 2.55. The first kappa shape index (κ1) is 20.7. The topological polar surface area (TPSA) is 103 Å². The minimum Gasteiger partial charge on any atom is -0.452 e. The third-order valence-electron chi connectivity index (χ3n) is 4.75. The SMILES string of the molecule is CCn1cc(C(=O)OCC(=O)Nc2nc3ccc(C)cc3s2)c(=O)c2ccc(C)nc21. The summed E-state index contributed by atoms with van der Waals surface area (Å²) in [6.07, 6.45) is 1.42. The van der Waals surface area contributed by atoms with Crippen molar-refractivity contribution in [3.8, 4) is 0 Å². The number of fused-ring (bicyclic) bond motifs is 2. The molecule has 3 aromatic heterocycles. The molecule has 0 bridgehead atoms. The number of aromatic nitrogens is 3. The van der Waals surface area contributed by atoms with Crippen molar-refractivity contribution in [1.29, 1.82) is 0 Å². The number of esters is 1. The van der Waals surface area contributed by atoms with Crippen LogP contribution in [0.2, 0.25) is 0 Å². The summed E-state index contributed by atoms with van der Waals surface area (Å²) >= 11 is 1.34. The van der Waals surface area contributed by atoms with Gasteiger partial charge in [0.2, 0.25) is 5.43 Å². The van der Waals surface area contributed by atoms with Gasteiger partial charge in [-0.15, -0.1) is 0 Å². The molecule has 4 rings (SSSR count). The van der Waals surface area contributed by atoms with Crippen molar-refractivity contribution in [3.05, 3.63) is 63.6 Å². The normalized spacial score (nSPS) is 11.1. The monoisotopic (exact) mass is 436 g/mol. The van der Waals surface area contributed by atoms with Crippen LogP contribution in [0.25, 0.3) is 21.3 Å². The van der Waals surface area contributed by atoms with Crippen molar-refractivity contribution in [2.75, 3.05) is 11.9 Å². The van der Waals surface area contributed by atoms with Crippen LogP contribution in [0.15, 0.2) is 41.3 Å². The van der Waals surface area contributed by atoms with Crippen LogP contribution in [-0.2, 0) is 16.1 Å². The lowest BCUT2D eigenvalue weighted by Gasteiger charge is -2.11. The van der Waals surface area contributed by atoms with E-state index in [1.807, 2.05) is 39.0 Å². The fourth-order valence-corrected chi connectivity index (χ4v) is 4.18. The smallest absolute Gasteiger partial charge is 0.344 e. The molecule has 0 aliphatic rings. The molecule has 31 heavy (non-hydrogen) atoms. The van der Waals surface area contributed by atoms with Crippen LogP contribution >= 0.6 is 11.3 Å². The van der Waals surface area contributed by atoms with Gasteiger partial charge in [-0.2, -0.15) is 0 Å². The Hall–Kier alpha value is -3.59. The van der Waals surface area contributed by atoms with Crippen LogP contribution in [0.5, 0.6) is 0 Å². The van der Waals surface area contributed by atoms with Gasteiger partial charge in [-0.3, -0.25) is 14.9 Å². The predicted molar refractivity (Wildman–Crippen MR) is 120 cm³/mol. The van der Waals surface area contributed by atoms with E-state index in [-0.39, 0.29) is 5.56 Å². The summed E-state index contributed by atoms with van der Waals surface area (Å²) in [4.78, 5) is 46.3. The molecule has 0 fully saturated rings. The number of amides is 1. The fourth-order valence-electron chi connectivity index (χ4n) is 3.20. The van der Waals surface area contributed by atoms with Crippen molar-refractivity contribution in [1.82, 2.24) is 14.5 Å². The summed E-state index contributed by atoms with van der Waals surface area (Å²) in [6.45, 7) is 5.69. The molecule has 0 unspecified atom stereocenters. The Morgan fingerprint density at radius 2 is 1.97 bits per heavy atom. The molecule has 1 amide bonds. The molecule has 0 spiro atoms. The Bertz CT molecular complexity index is 1390. The van der Waals surface area contributed by atoms with E-state index in [0.717, 1.165) is 21.5 Å². The van der Waals surface area contributed by atoms with Gasteiger partial charge in [0, 0.05) is 18.4 Å².